The quantitative estimate of drug-likeness (QED) is 0.797. The van der Waals surface area contributed by atoms with E-state index in [1.54, 1.807) is 0 Å². The molecular formula is C19H22N6. The fourth-order valence-corrected chi connectivity index (χ4v) is 3.43. The van der Waals surface area contributed by atoms with Crippen LogP contribution in [-0.2, 0) is 0 Å². The molecule has 2 fully saturated rings. The molecule has 0 unspecified atom stereocenters. The summed E-state index contributed by atoms with van der Waals surface area (Å²) >= 11 is 0. The Labute approximate surface area is 146 Å². The average molecular weight is 334 g/mol. The van der Waals surface area contributed by atoms with Crippen molar-refractivity contribution in [2.45, 2.75) is 25.7 Å². The van der Waals surface area contributed by atoms with Crippen molar-refractivity contribution >= 4 is 16.9 Å². The van der Waals surface area contributed by atoms with Crippen molar-refractivity contribution < 1.29 is 0 Å². The van der Waals surface area contributed by atoms with Crippen LogP contribution in [0.1, 0.15) is 30.1 Å². The van der Waals surface area contributed by atoms with Gasteiger partial charge in [-0.2, -0.15) is 5.10 Å². The summed E-state index contributed by atoms with van der Waals surface area (Å²) < 4.78 is 1.95. The van der Waals surface area contributed by atoms with Crippen LogP contribution in [0.25, 0.3) is 16.7 Å². The third-order valence-electron chi connectivity index (χ3n) is 5.06. The van der Waals surface area contributed by atoms with Crippen LogP contribution in [0, 0.1) is 6.92 Å². The van der Waals surface area contributed by atoms with Crippen LogP contribution in [0.5, 0.6) is 0 Å². The molecule has 128 valence electrons. The zero-order valence-electron chi connectivity index (χ0n) is 14.4. The van der Waals surface area contributed by atoms with Gasteiger partial charge >= 0.3 is 0 Å². The van der Waals surface area contributed by atoms with Crippen LogP contribution in [-0.4, -0.2) is 45.9 Å². The summed E-state index contributed by atoms with van der Waals surface area (Å²) in [5.41, 5.74) is 3.22. The molecule has 0 atom stereocenters. The smallest absolute Gasteiger partial charge is 0.168 e. The van der Waals surface area contributed by atoms with Crippen molar-refractivity contribution in [1.82, 2.24) is 25.1 Å². The number of rotatable bonds is 3. The molecule has 3 aromatic rings. The van der Waals surface area contributed by atoms with Crippen molar-refractivity contribution in [2.75, 3.05) is 31.1 Å². The van der Waals surface area contributed by atoms with Crippen molar-refractivity contribution in [2.24, 2.45) is 0 Å². The maximum Gasteiger partial charge on any atom is 0.168 e. The van der Waals surface area contributed by atoms with Gasteiger partial charge in [-0.05, 0) is 31.9 Å². The van der Waals surface area contributed by atoms with E-state index in [0.717, 1.165) is 54.5 Å². The molecule has 5 rings (SSSR count). The first kappa shape index (κ1) is 14.8. The van der Waals surface area contributed by atoms with Crippen LogP contribution in [0.3, 0.4) is 0 Å². The predicted octanol–water partition coefficient (Wildman–Crippen LogP) is 2.41. The highest BCUT2D eigenvalue weighted by atomic mass is 15.3. The number of hydrogen-bond donors (Lipinski definition) is 1. The molecular weight excluding hydrogens is 312 g/mol. The molecule has 6 heteroatoms. The van der Waals surface area contributed by atoms with Gasteiger partial charge in [-0.1, -0.05) is 17.7 Å². The lowest BCUT2D eigenvalue weighted by Gasteiger charge is -2.29. The highest BCUT2D eigenvalue weighted by molar-refractivity contribution is 5.88. The third-order valence-corrected chi connectivity index (χ3v) is 5.06. The third kappa shape index (κ3) is 2.66. The van der Waals surface area contributed by atoms with Crippen LogP contribution in [0.15, 0.2) is 30.5 Å². The minimum atomic E-state index is 0.521. The number of fused-ring (bicyclic) bond motifs is 1. The molecule has 0 radical (unpaired) electrons. The van der Waals surface area contributed by atoms with Crippen molar-refractivity contribution in [3.8, 4) is 5.69 Å². The summed E-state index contributed by atoms with van der Waals surface area (Å²) in [5, 5.41) is 9.10. The van der Waals surface area contributed by atoms with E-state index in [0.29, 0.717) is 5.92 Å². The Kier molecular flexibility index (Phi) is 3.45. The van der Waals surface area contributed by atoms with E-state index >= 15 is 0 Å². The van der Waals surface area contributed by atoms with E-state index in [1.807, 2.05) is 10.9 Å². The molecule has 0 bridgehead atoms. The molecule has 0 spiro atoms. The zero-order valence-corrected chi connectivity index (χ0v) is 14.4. The first-order chi connectivity index (χ1) is 12.3. The number of hydrogen-bond acceptors (Lipinski definition) is 5. The highest BCUT2D eigenvalue weighted by Crippen LogP contribution is 2.40. The lowest BCUT2D eigenvalue weighted by atomic mass is 10.2. The SMILES string of the molecule is Cc1ccc(-n2ncc3c(N4CCNCC4)nc(C4CC4)nc32)cc1. The van der Waals surface area contributed by atoms with Crippen LogP contribution >= 0.6 is 0 Å². The number of nitrogens with one attached hydrogen (secondary N) is 1. The molecule has 1 aromatic carbocycles. The Morgan fingerprint density at radius 3 is 2.52 bits per heavy atom. The van der Waals surface area contributed by atoms with Crippen LogP contribution in [0.2, 0.25) is 0 Å². The summed E-state index contributed by atoms with van der Waals surface area (Å²) in [6.07, 6.45) is 4.32. The van der Waals surface area contributed by atoms with Gasteiger partial charge in [-0.25, -0.2) is 14.6 Å². The molecule has 1 saturated carbocycles. The van der Waals surface area contributed by atoms with Crippen molar-refractivity contribution in [1.29, 1.82) is 0 Å². The van der Waals surface area contributed by atoms with E-state index in [2.05, 4.69) is 46.5 Å². The Balaban J connectivity index is 1.67. The monoisotopic (exact) mass is 334 g/mol. The van der Waals surface area contributed by atoms with E-state index in [1.165, 1.54) is 18.4 Å². The van der Waals surface area contributed by atoms with E-state index in [9.17, 15) is 0 Å². The summed E-state index contributed by atoms with van der Waals surface area (Å²) in [5.74, 6) is 2.55. The van der Waals surface area contributed by atoms with Gasteiger partial charge < -0.3 is 10.2 Å². The molecule has 6 nitrogen and oxygen atoms in total. The molecule has 2 aliphatic rings. The number of piperazine rings is 1. The van der Waals surface area contributed by atoms with Crippen molar-refractivity contribution in [3.63, 3.8) is 0 Å². The molecule has 2 aromatic heterocycles. The van der Waals surface area contributed by atoms with Gasteiger partial charge in [0.05, 0.1) is 17.3 Å². The molecule has 1 aliphatic heterocycles. The van der Waals surface area contributed by atoms with Gasteiger partial charge in [-0.15, -0.1) is 0 Å². The van der Waals surface area contributed by atoms with Gasteiger partial charge in [0, 0.05) is 32.1 Å². The highest BCUT2D eigenvalue weighted by Gasteiger charge is 2.29. The minimum absolute atomic E-state index is 0.521. The molecule has 1 aliphatic carbocycles. The van der Waals surface area contributed by atoms with E-state index < -0.39 is 0 Å². The number of nitrogens with zero attached hydrogens (tertiary/aromatic N) is 5. The topological polar surface area (TPSA) is 58.9 Å². The van der Waals surface area contributed by atoms with Crippen LogP contribution < -0.4 is 10.2 Å². The van der Waals surface area contributed by atoms with Gasteiger partial charge in [0.25, 0.3) is 0 Å². The molecule has 1 saturated heterocycles. The summed E-state index contributed by atoms with van der Waals surface area (Å²) in [7, 11) is 0. The number of aryl methyl sites for hydroxylation is 1. The molecule has 3 heterocycles. The number of anilines is 1. The molecule has 1 N–H and O–H groups in total. The zero-order chi connectivity index (χ0) is 16.8. The normalized spacial score (nSPS) is 18.0. The maximum atomic E-state index is 4.94. The van der Waals surface area contributed by atoms with E-state index in [4.69, 9.17) is 9.97 Å². The van der Waals surface area contributed by atoms with Gasteiger partial charge in [-0.3, -0.25) is 0 Å². The lowest BCUT2D eigenvalue weighted by molar-refractivity contribution is 0.585. The lowest BCUT2D eigenvalue weighted by Crippen LogP contribution is -2.44. The predicted molar refractivity (Wildman–Crippen MR) is 98.5 cm³/mol. The summed E-state index contributed by atoms with van der Waals surface area (Å²) in [6, 6.07) is 8.43. The Hall–Kier alpha value is -2.47. The first-order valence-corrected chi connectivity index (χ1v) is 9.08. The standard InChI is InChI=1S/C19H22N6/c1-13-2-6-15(7-3-13)25-19-16(12-21-25)18(24-10-8-20-9-11-24)22-17(23-19)14-4-5-14/h2-3,6-7,12,14,20H,4-5,8-11H2,1H3. The van der Waals surface area contributed by atoms with E-state index in [-0.39, 0.29) is 0 Å². The molecule has 25 heavy (non-hydrogen) atoms. The Bertz CT molecular complexity index is 904. The Morgan fingerprint density at radius 1 is 1.04 bits per heavy atom. The number of benzene rings is 1. The second-order valence-electron chi connectivity index (χ2n) is 7.05. The fraction of sp³-hybridized carbons (Fsp3) is 0.421. The second-order valence-corrected chi connectivity index (χ2v) is 7.05. The summed E-state index contributed by atoms with van der Waals surface area (Å²) in [6.45, 7) is 6.05. The average Bonchev–Trinajstić information content (AvgIpc) is 3.42. The summed E-state index contributed by atoms with van der Waals surface area (Å²) in [4.78, 5) is 12.2. The number of aromatic nitrogens is 4. The van der Waals surface area contributed by atoms with Crippen LogP contribution in [0.4, 0.5) is 5.82 Å². The Morgan fingerprint density at radius 2 is 1.80 bits per heavy atom. The van der Waals surface area contributed by atoms with Gasteiger partial charge in [0.15, 0.2) is 5.65 Å². The maximum absolute atomic E-state index is 4.94. The minimum Gasteiger partial charge on any atom is -0.353 e. The fourth-order valence-electron chi connectivity index (χ4n) is 3.43. The van der Waals surface area contributed by atoms with Gasteiger partial charge in [0.2, 0.25) is 0 Å². The van der Waals surface area contributed by atoms with Crippen molar-refractivity contribution in [3.05, 3.63) is 41.9 Å². The second kappa shape index (κ2) is 5.81. The first-order valence-electron chi connectivity index (χ1n) is 9.08. The molecule has 0 amide bonds. The largest absolute Gasteiger partial charge is 0.353 e. The van der Waals surface area contributed by atoms with Gasteiger partial charge in [0.1, 0.15) is 11.6 Å².